The van der Waals surface area contributed by atoms with Crippen LogP contribution in [0.2, 0.25) is 0 Å². The van der Waals surface area contributed by atoms with Crippen LogP contribution >= 0.6 is 0 Å². The molecule has 0 saturated carbocycles. The van der Waals surface area contributed by atoms with Crippen molar-refractivity contribution in [3.05, 3.63) is 29.3 Å². The van der Waals surface area contributed by atoms with Crippen LogP contribution in [0.25, 0.3) is 0 Å². The number of nitrogens with two attached hydrogens (primary N) is 1. The Labute approximate surface area is 94.5 Å². The van der Waals surface area contributed by atoms with Crippen molar-refractivity contribution in [3.8, 4) is 11.8 Å². The smallest absolute Gasteiger partial charge is 0.337 e. The Balaban J connectivity index is 2.85. The molecule has 0 aromatic heterocycles. The lowest BCUT2D eigenvalue weighted by atomic mass is 10.1. The van der Waals surface area contributed by atoms with Gasteiger partial charge in [-0.25, -0.2) is 4.79 Å². The molecule has 0 saturated heterocycles. The van der Waals surface area contributed by atoms with Gasteiger partial charge in [-0.1, -0.05) is 11.8 Å². The maximum atomic E-state index is 10.8. The first kappa shape index (κ1) is 12.1. The van der Waals surface area contributed by atoms with Crippen LogP contribution in [0.15, 0.2) is 18.2 Å². The van der Waals surface area contributed by atoms with Crippen molar-refractivity contribution < 1.29 is 9.90 Å². The van der Waals surface area contributed by atoms with Crippen LogP contribution in [0.5, 0.6) is 0 Å². The Morgan fingerprint density at radius 2 is 2.31 bits per heavy atom. The first-order valence-electron chi connectivity index (χ1n) is 4.91. The van der Waals surface area contributed by atoms with E-state index in [4.69, 9.17) is 10.8 Å². The van der Waals surface area contributed by atoms with E-state index < -0.39 is 5.97 Å². The summed E-state index contributed by atoms with van der Waals surface area (Å²) in [5.74, 6) is 4.80. The summed E-state index contributed by atoms with van der Waals surface area (Å²) in [4.78, 5) is 10.8. The highest BCUT2D eigenvalue weighted by molar-refractivity contribution is 5.94. The molecule has 0 fully saturated rings. The zero-order valence-electron chi connectivity index (χ0n) is 9.08. The number of carbonyl (C=O) groups is 1. The van der Waals surface area contributed by atoms with Crippen LogP contribution in [0, 0.1) is 11.8 Å². The van der Waals surface area contributed by atoms with Crippen molar-refractivity contribution in [1.82, 2.24) is 5.32 Å². The van der Waals surface area contributed by atoms with Gasteiger partial charge in [-0.3, -0.25) is 0 Å². The van der Waals surface area contributed by atoms with Gasteiger partial charge >= 0.3 is 5.97 Å². The third-order valence-corrected chi connectivity index (χ3v) is 2.02. The van der Waals surface area contributed by atoms with Gasteiger partial charge in [0, 0.05) is 24.2 Å². The van der Waals surface area contributed by atoms with E-state index in [1.54, 1.807) is 12.1 Å². The summed E-state index contributed by atoms with van der Waals surface area (Å²) < 4.78 is 0. The molecule has 1 rings (SSSR count). The Hall–Kier alpha value is -1.99. The van der Waals surface area contributed by atoms with Crippen LogP contribution < -0.4 is 11.1 Å². The van der Waals surface area contributed by atoms with Crippen LogP contribution in [-0.2, 0) is 0 Å². The molecule has 0 radical (unpaired) electrons. The second kappa shape index (κ2) is 5.79. The minimum atomic E-state index is -1.03. The molecular formula is C12H14N2O2. The van der Waals surface area contributed by atoms with Crippen molar-refractivity contribution in [2.45, 2.75) is 6.42 Å². The summed E-state index contributed by atoms with van der Waals surface area (Å²) in [7, 11) is 1.85. The second-order valence-electron chi connectivity index (χ2n) is 3.26. The number of hydrogen-bond acceptors (Lipinski definition) is 3. The van der Waals surface area contributed by atoms with Crippen molar-refractivity contribution in [3.63, 3.8) is 0 Å². The van der Waals surface area contributed by atoms with E-state index in [1.807, 2.05) is 7.05 Å². The van der Waals surface area contributed by atoms with E-state index in [2.05, 4.69) is 17.2 Å². The lowest BCUT2D eigenvalue weighted by molar-refractivity contribution is 0.0698. The molecule has 0 aliphatic rings. The van der Waals surface area contributed by atoms with Gasteiger partial charge < -0.3 is 16.2 Å². The predicted octanol–water partition coefficient (Wildman–Crippen LogP) is 0.928. The van der Waals surface area contributed by atoms with E-state index in [0.717, 1.165) is 13.0 Å². The van der Waals surface area contributed by atoms with Crippen molar-refractivity contribution in [1.29, 1.82) is 0 Å². The molecule has 1 aromatic rings. The van der Waals surface area contributed by atoms with E-state index in [9.17, 15) is 4.79 Å². The summed E-state index contributed by atoms with van der Waals surface area (Å²) in [6.45, 7) is 0.813. The van der Waals surface area contributed by atoms with E-state index >= 15 is 0 Å². The molecule has 0 spiro atoms. The molecule has 0 heterocycles. The largest absolute Gasteiger partial charge is 0.478 e. The Morgan fingerprint density at radius 1 is 1.56 bits per heavy atom. The summed E-state index contributed by atoms with van der Waals surface area (Å²) >= 11 is 0. The van der Waals surface area contributed by atoms with Crippen molar-refractivity contribution >= 4 is 11.7 Å². The Kier molecular flexibility index (Phi) is 4.37. The number of hydrogen-bond donors (Lipinski definition) is 3. The van der Waals surface area contributed by atoms with Gasteiger partial charge in [0.05, 0.1) is 5.56 Å². The maximum absolute atomic E-state index is 10.8. The van der Waals surface area contributed by atoms with Crippen molar-refractivity contribution in [2.24, 2.45) is 0 Å². The fourth-order valence-electron chi connectivity index (χ4n) is 1.17. The standard InChI is InChI=1S/C12H14N2O2/c1-14-7-3-2-4-9-5-6-11(13)10(8-9)12(15)16/h5-6,8,14H,3,7,13H2,1H3,(H,15,16). The summed E-state index contributed by atoms with van der Waals surface area (Å²) in [6, 6.07) is 4.77. The monoisotopic (exact) mass is 218 g/mol. The zero-order valence-corrected chi connectivity index (χ0v) is 9.08. The van der Waals surface area contributed by atoms with Crippen LogP contribution in [0.3, 0.4) is 0 Å². The van der Waals surface area contributed by atoms with Crippen LogP contribution in [0.4, 0.5) is 5.69 Å². The number of anilines is 1. The fourth-order valence-corrected chi connectivity index (χ4v) is 1.17. The molecule has 0 amide bonds. The predicted molar refractivity (Wildman–Crippen MR) is 63.2 cm³/mol. The number of carboxylic acids is 1. The molecule has 0 atom stereocenters. The number of rotatable bonds is 3. The molecule has 1 aromatic carbocycles. The van der Waals surface area contributed by atoms with Crippen molar-refractivity contribution in [2.75, 3.05) is 19.3 Å². The van der Waals surface area contributed by atoms with Crippen LogP contribution in [0.1, 0.15) is 22.3 Å². The summed E-state index contributed by atoms with van der Waals surface area (Å²) in [6.07, 6.45) is 0.725. The number of carboxylic acid groups (broad SMARTS) is 1. The van der Waals surface area contributed by atoms with Gasteiger partial charge in [0.1, 0.15) is 0 Å². The van der Waals surface area contributed by atoms with Gasteiger partial charge in [0.2, 0.25) is 0 Å². The Morgan fingerprint density at radius 3 is 2.94 bits per heavy atom. The molecule has 0 aliphatic carbocycles. The summed E-state index contributed by atoms with van der Waals surface area (Å²) in [5, 5.41) is 11.8. The topological polar surface area (TPSA) is 75.3 Å². The first-order valence-corrected chi connectivity index (χ1v) is 4.91. The van der Waals surface area contributed by atoms with E-state index in [-0.39, 0.29) is 11.3 Å². The van der Waals surface area contributed by atoms with Gasteiger partial charge in [-0.15, -0.1) is 0 Å². The molecule has 4 nitrogen and oxygen atoms in total. The number of benzene rings is 1. The highest BCUT2D eigenvalue weighted by Crippen LogP contribution is 2.13. The molecule has 0 bridgehead atoms. The van der Waals surface area contributed by atoms with Gasteiger partial charge in [0.25, 0.3) is 0 Å². The highest BCUT2D eigenvalue weighted by Gasteiger charge is 2.07. The van der Waals surface area contributed by atoms with Gasteiger partial charge in [0.15, 0.2) is 0 Å². The number of nitrogens with one attached hydrogen (secondary N) is 1. The van der Waals surface area contributed by atoms with E-state index in [0.29, 0.717) is 5.56 Å². The number of aromatic carboxylic acids is 1. The average molecular weight is 218 g/mol. The number of nitrogen functional groups attached to an aromatic ring is 1. The third-order valence-electron chi connectivity index (χ3n) is 2.02. The molecular weight excluding hydrogens is 204 g/mol. The maximum Gasteiger partial charge on any atom is 0.337 e. The highest BCUT2D eigenvalue weighted by atomic mass is 16.4. The lowest BCUT2D eigenvalue weighted by Gasteiger charge is -2.00. The quantitative estimate of drug-likeness (QED) is 0.401. The van der Waals surface area contributed by atoms with Crippen LogP contribution in [-0.4, -0.2) is 24.7 Å². The molecule has 0 unspecified atom stereocenters. The second-order valence-corrected chi connectivity index (χ2v) is 3.26. The summed E-state index contributed by atoms with van der Waals surface area (Å²) in [5.41, 5.74) is 6.55. The average Bonchev–Trinajstić information content (AvgIpc) is 2.26. The lowest BCUT2D eigenvalue weighted by Crippen LogP contribution is -2.06. The molecule has 16 heavy (non-hydrogen) atoms. The minimum absolute atomic E-state index is 0.0976. The molecule has 0 aliphatic heterocycles. The van der Waals surface area contributed by atoms with Gasteiger partial charge in [-0.2, -0.15) is 0 Å². The first-order chi connectivity index (χ1) is 7.65. The molecule has 4 N–H and O–H groups in total. The normalized spacial score (nSPS) is 9.31. The molecule has 4 heteroatoms. The van der Waals surface area contributed by atoms with Gasteiger partial charge in [-0.05, 0) is 25.2 Å². The SMILES string of the molecule is CNCCC#Cc1ccc(N)c(C(=O)O)c1. The Bertz CT molecular complexity index is 444. The fraction of sp³-hybridized carbons (Fsp3) is 0.250. The third kappa shape index (κ3) is 3.30. The zero-order chi connectivity index (χ0) is 12.0. The minimum Gasteiger partial charge on any atom is -0.478 e. The van der Waals surface area contributed by atoms with E-state index in [1.165, 1.54) is 6.07 Å². The molecule has 84 valence electrons.